The zero-order chi connectivity index (χ0) is 53.2. The van der Waals surface area contributed by atoms with E-state index in [1.165, 1.54) is 26.5 Å². The van der Waals surface area contributed by atoms with Crippen molar-refractivity contribution in [3.05, 3.63) is 0 Å². The monoisotopic (exact) mass is 1020 g/mol. The van der Waals surface area contributed by atoms with E-state index in [9.17, 15) is 53.1 Å². The Morgan fingerprint density at radius 2 is 1.10 bits per heavy atom. The van der Waals surface area contributed by atoms with Crippen molar-refractivity contribution in [1.82, 2.24) is 46.2 Å². The molecule has 0 unspecified atom stereocenters. The van der Waals surface area contributed by atoms with Crippen molar-refractivity contribution in [3.8, 4) is 0 Å². The number of carbonyl (C=O) groups is 10. The summed E-state index contributed by atoms with van der Waals surface area (Å²) in [5.41, 5.74) is 27.0. The lowest BCUT2D eigenvalue weighted by atomic mass is 9.97. The van der Waals surface area contributed by atoms with Crippen LogP contribution in [0.1, 0.15) is 104 Å². The molecule has 4 saturated heterocycles. The molecule has 0 radical (unpaired) electrons. The zero-order valence-electron chi connectivity index (χ0n) is 41.6. The number of nitrogens with one attached hydrogen (secondary N) is 5. The Hall–Kier alpha value is -6.80. The summed E-state index contributed by atoms with van der Waals surface area (Å²) in [5, 5.41) is 22.9. The van der Waals surface area contributed by atoms with Gasteiger partial charge in [-0.3, -0.25) is 53.1 Å². The minimum absolute atomic E-state index is 0.0426. The molecule has 0 aromatic rings. The van der Waals surface area contributed by atoms with Crippen molar-refractivity contribution < 1.29 is 53.1 Å². The number of hydrogen-bond donors (Lipinski definition) is 11. The van der Waals surface area contributed by atoms with Crippen LogP contribution in [0, 0.1) is 5.92 Å². The van der Waals surface area contributed by atoms with E-state index >= 15 is 0 Å². The highest BCUT2D eigenvalue weighted by Crippen LogP contribution is 2.27. The Labute approximate surface area is 418 Å². The third-order valence-corrected chi connectivity index (χ3v) is 13.6. The highest BCUT2D eigenvalue weighted by molar-refractivity contribution is 5.98. The number of nitrogens with zero attached hydrogens (tertiary/aromatic N) is 6. The van der Waals surface area contributed by atoms with Crippen LogP contribution in [0.3, 0.4) is 0 Å². The van der Waals surface area contributed by atoms with Gasteiger partial charge in [-0.25, -0.2) is 4.79 Å². The van der Waals surface area contributed by atoms with Gasteiger partial charge in [0, 0.05) is 39.3 Å². The summed E-state index contributed by atoms with van der Waals surface area (Å²) in [6.07, 6.45) is 4.50. The molecule has 27 nitrogen and oxygen atoms in total. The highest BCUT2D eigenvalue weighted by Gasteiger charge is 2.45. The fraction of sp³-hybridized carbons (Fsp3) is 0.733. The average Bonchev–Trinajstić information content (AvgIpc) is 4.20. The quantitative estimate of drug-likeness (QED) is 0.0232. The maximum absolute atomic E-state index is 14.1. The first-order valence-corrected chi connectivity index (χ1v) is 24.9. The lowest BCUT2D eigenvalue weighted by Crippen LogP contribution is -2.59. The van der Waals surface area contributed by atoms with Gasteiger partial charge in [-0.05, 0) is 89.9 Å². The number of carbonyl (C=O) groups excluding carboxylic acids is 9. The normalized spacial score (nSPS) is 21.6. The van der Waals surface area contributed by atoms with Crippen molar-refractivity contribution in [2.45, 2.75) is 153 Å². The van der Waals surface area contributed by atoms with E-state index in [0.717, 1.165) is 0 Å². The Kier molecular flexibility index (Phi) is 22.2. The summed E-state index contributed by atoms with van der Waals surface area (Å²) < 4.78 is 0. The minimum Gasteiger partial charge on any atom is -0.480 e. The molecule has 402 valence electrons. The van der Waals surface area contributed by atoms with Crippen LogP contribution >= 0.6 is 0 Å². The molecule has 0 aliphatic carbocycles. The minimum atomic E-state index is -1.26. The van der Waals surface area contributed by atoms with E-state index < -0.39 is 120 Å². The molecule has 4 heterocycles. The summed E-state index contributed by atoms with van der Waals surface area (Å²) in [6, 6.07) is -8.24. The van der Waals surface area contributed by atoms with E-state index in [1.807, 2.05) is 6.92 Å². The number of nitrogens with two attached hydrogens (primary N) is 5. The predicted octanol–water partition coefficient (Wildman–Crippen LogP) is -4.78. The topological polar surface area (TPSA) is 419 Å². The first-order valence-electron chi connectivity index (χ1n) is 24.9. The number of carboxylic acids is 1. The van der Waals surface area contributed by atoms with Gasteiger partial charge in [0.1, 0.15) is 48.3 Å². The number of amides is 9. The van der Waals surface area contributed by atoms with E-state index in [-0.39, 0.29) is 89.8 Å². The molecule has 0 aromatic heterocycles. The highest BCUT2D eigenvalue weighted by atomic mass is 16.4. The molecule has 72 heavy (non-hydrogen) atoms. The van der Waals surface area contributed by atoms with Gasteiger partial charge in [-0.1, -0.05) is 20.3 Å². The van der Waals surface area contributed by atoms with Gasteiger partial charge < -0.3 is 80.0 Å². The van der Waals surface area contributed by atoms with Gasteiger partial charge in [0.15, 0.2) is 11.9 Å². The predicted molar refractivity (Wildman–Crippen MR) is 261 cm³/mol. The molecule has 0 aromatic carbocycles. The second-order valence-electron chi connectivity index (χ2n) is 18.8. The number of hydrogen-bond acceptors (Lipinski definition) is 13. The first kappa shape index (κ1) is 57.8. The van der Waals surface area contributed by atoms with Crippen LogP contribution in [0.15, 0.2) is 9.98 Å². The molecule has 16 N–H and O–H groups in total. The zero-order valence-corrected chi connectivity index (χ0v) is 41.6. The SMILES string of the molecule is CC[C@H](C)[C@H](NC(=O)[C@H](C)NC(=O)[C@@H]1CCCN1C(=O)CNC(=O)[C@@H]1CCCN1C(=O)[C@@H]1CCCN1C(=O)[C@H](CCCN=C(N)N)NC(=O)CN)C(=O)N1CCC[C@H]1C(=O)N[C@@H](CCCN=C(N)N)C(=O)O. The average molecular weight is 1020 g/mol. The number of rotatable bonds is 25. The lowest BCUT2D eigenvalue weighted by molar-refractivity contribution is -0.148. The fourth-order valence-corrected chi connectivity index (χ4v) is 9.56. The standard InChI is InChI=1S/C45H76N16O11/c1-4-25(2)35(42(70)60-21-9-15-31(60)39(67)56-28(43(71)72)12-6-18-52-45(49)50)57-36(64)26(3)54-38(66)30-14-7-19-58(30)34(63)24-53-37(65)29-13-8-20-59(29)41(69)32-16-10-22-61(32)40(68)27(55-33(62)23-46)11-5-17-51-44(47)48/h25-32,35H,4-24,46H2,1-3H3,(H,53,65)(H,54,66)(H,55,62)(H,56,67)(H,57,64)(H,71,72)(H4,47,48,51)(H4,49,50,52)/t25-,26-,27-,28-,29-,30-,31-,32-,35-/m0/s1. The molecule has 4 fully saturated rings. The molecule has 4 aliphatic heterocycles. The van der Waals surface area contributed by atoms with Crippen molar-refractivity contribution in [2.24, 2.45) is 44.6 Å². The van der Waals surface area contributed by atoms with Crippen LogP contribution in [0.4, 0.5) is 0 Å². The number of carboxylic acid groups (broad SMARTS) is 1. The van der Waals surface area contributed by atoms with E-state index in [1.54, 1.807) is 6.92 Å². The van der Waals surface area contributed by atoms with Gasteiger partial charge in [-0.2, -0.15) is 0 Å². The van der Waals surface area contributed by atoms with Gasteiger partial charge in [0.2, 0.25) is 53.2 Å². The maximum Gasteiger partial charge on any atom is 0.326 e. The largest absolute Gasteiger partial charge is 0.480 e. The van der Waals surface area contributed by atoms with Gasteiger partial charge >= 0.3 is 5.97 Å². The molecule has 4 rings (SSSR count). The van der Waals surface area contributed by atoms with Crippen LogP contribution in [0.2, 0.25) is 0 Å². The van der Waals surface area contributed by atoms with Crippen LogP contribution in [0.5, 0.6) is 0 Å². The third kappa shape index (κ3) is 15.9. The van der Waals surface area contributed by atoms with E-state index in [4.69, 9.17) is 28.7 Å². The second-order valence-corrected chi connectivity index (χ2v) is 18.8. The van der Waals surface area contributed by atoms with Crippen LogP contribution in [0.25, 0.3) is 0 Å². The summed E-state index contributed by atoms with van der Waals surface area (Å²) in [4.78, 5) is 147. The molecular weight excluding hydrogens is 941 g/mol. The molecule has 9 amide bonds. The van der Waals surface area contributed by atoms with Gasteiger partial charge in [-0.15, -0.1) is 0 Å². The number of aliphatic imine (C=N–C) groups is 2. The van der Waals surface area contributed by atoms with Gasteiger partial charge in [0.05, 0.1) is 13.1 Å². The number of aliphatic carboxylic acids is 1. The van der Waals surface area contributed by atoms with E-state index in [2.05, 4.69) is 36.6 Å². The number of guanidine groups is 2. The summed E-state index contributed by atoms with van der Waals surface area (Å²) >= 11 is 0. The van der Waals surface area contributed by atoms with Crippen molar-refractivity contribution >= 4 is 71.1 Å². The van der Waals surface area contributed by atoms with Crippen molar-refractivity contribution in [3.63, 3.8) is 0 Å². The third-order valence-electron chi connectivity index (χ3n) is 13.6. The Balaban J connectivity index is 1.32. The maximum atomic E-state index is 14.1. The van der Waals surface area contributed by atoms with E-state index in [0.29, 0.717) is 51.4 Å². The molecule has 0 bridgehead atoms. The second kappa shape index (κ2) is 27.7. The van der Waals surface area contributed by atoms with Crippen LogP contribution in [-0.2, 0) is 47.9 Å². The first-order chi connectivity index (χ1) is 34.2. The van der Waals surface area contributed by atoms with Crippen LogP contribution < -0.4 is 55.3 Å². The van der Waals surface area contributed by atoms with Crippen molar-refractivity contribution in [2.75, 3.05) is 52.4 Å². The Bertz CT molecular complexity index is 2050. The molecule has 27 heteroatoms. The Morgan fingerprint density at radius 1 is 0.611 bits per heavy atom. The summed E-state index contributed by atoms with van der Waals surface area (Å²) in [5.74, 6) is -6.97. The lowest BCUT2D eigenvalue weighted by Gasteiger charge is -2.33. The van der Waals surface area contributed by atoms with Crippen molar-refractivity contribution in [1.29, 1.82) is 0 Å². The smallest absolute Gasteiger partial charge is 0.326 e. The molecule has 4 aliphatic rings. The van der Waals surface area contributed by atoms with Gasteiger partial charge in [0.25, 0.3) is 0 Å². The van der Waals surface area contributed by atoms with Crippen LogP contribution in [-0.4, -0.2) is 196 Å². The molecule has 9 atom stereocenters. The molecular formula is C45H76N16O11. The molecule has 0 saturated carbocycles. The fourth-order valence-electron chi connectivity index (χ4n) is 9.56. The summed E-state index contributed by atoms with van der Waals surface area (Å²) in [6.45, 7) is 5.49. The summed E-state index contributed by atoms with van der Waals surface area (Å²) in [7, 11) is 0. The Morgan fingerprint density at radius 3 is 1.64 bits per heavy atom. The molecule has 0 spiro atoms. The number of likely N-dealkylation sites (tertiary alicyclic amines) is 4.